The highest BCUT2D eigenvalue weighted by Gasteiger charge is 2.60. The summed E-state index contributed by atoms with van der Waals surface area (Å²) in [7, 11) is 0. The predicted octanol–water partition coefficient (Wildman–Crippen LogP) is 4.40. The van der Waals surface area contributed by atoms with Gasteiger partial charge in [-0.05, 0) is 61.4 Å². The van der Waals surface area contributed by atoms with Crippen molar-refractivity contribution in [3.8, 4) is 0 Å². The second kappa shape index (κ2) is 7.59. The molecule has 0 radical (unpaired) electrons. The van der Waals surface area contributed by atoms with Crippen LogP contribution in [0.4, 0.5) is 17.2 Å². The molecule has 7 heteroatoms. The van der Waals surface area contributed by atoms with Crippen molar-refractivity contribution in [2.24, 2.45) is 10.5 Å². The van der Waals surface area contributed by atoms with Crippen LogP contribution in [0.2, 0.25) is 5.02 Å². The van der Waals surface area contributed by atoms with E-state index in [0.29, 0.717) is 18.0 Å². The maximum Gasteiger partial charge on any atom is 0.261 e. The Morgan fingerprint density at radius 1 is 1.00 bits per heavy atom. The summed E-state index contributed by atoms with van der Waals surface area (Å²) >= 11 is 6.09. The summed E-state index contributed by atoms with van der Waals surface area (Å²) in [5.41, 5.74) is 3.28. The highest BCUT2D eigenvalue weighted by atomic mass is 35.5. The molecule has 1 amide bonds. The highest BCUT2D eigenvalue weighted by molar-refractivity contribution is 6.30. The van der Waals surface area contributed by atoms with E-state index in [0.717, 1.165) is 30.3 Å². The first-order chi connectivity index (χ1) is 16.1. The average Bonchev–Trinajstić information content (AvgIpc) is 3.10. The molecule has 2 atom stereocenters. The van der Waals surface area contributed by atoms with Gasteiger partial charge in [0.15, 0.2) is 0 Å². The fourth-order valence-corrected chi connectivity index (χ4v) is 5.70. The van der Waals surface area contributed by atoms with Gasteiger partial charge < -0.3 is 9.80 Å². The number of fused-ring (bicyclic) bond motifs is 4. The minimum atomic E-state index is -0.735. The summed E-state index contributed by atoms with van der Waals surface area (Å²) in [6.45, 7) is 4.38. The lowest BCUT2D eigenvalue weighted by molar-refractivity contribution is -0.125. The molecule has 1 spiro atoms. The zero-order valence-corrected chi connectivity index (χ0v) is 19.1. The third-order valence-electron chi connectivity index (χ3n) is 7.23. The molecular formula is C26H24ClN5O. The highest BCUT2D eigenvalue weighted by Crippen LogP contribution is 2.48. The van der Waals surface area contributed by atoms with E-state index in [-0.39, 0.29) is 11.9 Å². The molecule has 2 aromatic carbocycles. The average molecular weight is 458 g/mol. The minimum Gasteiger partial charge on any atom is -0.363 e. The van der Waals surface area contributed by atoms with Crippen molar-refractivity contribution >= 4 is 40.4 Å². The molecule has 0 unspecified atom stereocenters. The first-order valence-electron chi connectivity index (χ1n) is 11.2. The van der Waals surface area contributed by atoms with Crippen LogP contribution in [0.3, 0.4) is 0 Å². The number of anilines is 3. The van der Waals surface area contributed by atoms with Gasteiger partial charge in [0.05, 0.1) is 17.4 Å². The monoisotopic (exact) mass is 457 g/mol. The van der Waals surface area contributed by atoms with E-state index >= 15 is 0 Å². The Balaban J connectivity index is 1.45. The number of para-hydroxylation sites is 1. The summed E-state index contributed by atoms with van der Waals surface area (Å²) in [6, 6.07) is 21.7. The molecule has 1 aromatic heterocycles. The topological polar surface area (TPSA) is 52.0 Å². The van der Waals surface area contributed by atoms with E-state index < -0.39 is 5.41 Å². The van der Waals surface area contributed by atoms with Crippen molar-refractivity contribution in [2.45, 2.75) is 19.4 Å². The first kappa shape index (κ1) is 20.2. The van der Waals surface area contributed by atoms with Crippen LogP contribution in [-0.4, -0.2) is 42.3 Å². The molecule has 3 aliphatic heterocycles. The second-order valence-electron chi connectivity index (χ2n) is 8.90. The van der Waals surface area contributed by atoms with E-state index in [4.69, 9.17) is 16.7 Å². The standard InChI is InChI=1S/C26H24ClN5O/c1-18-26(25(33)32(29-18)21-11-9-20(27)10-12-21)16-19-6-2-3-7-22(19)31-15-14-30(17-23(26)31)24-8-4-5-13-28-24/h2-13,23H,14-17H2,1H3/t23-,26+/m1/s1. The molecule has 166 valence electrons. The SMILES string of the molecule is CC1=NN(c2ccc(Cl)cc2)C(=O)[C@@]12Cc1ccccc1N1CCN(c3ccccn3)C[C@@H]12. The lowest BCUT2D eigenvalue weighted by atomic mass is 9.67. The molecule has 6 nitrogen and oxygen atoms in total. The normalized spacial score (nSPS) is 24.1. The van der Waals surface area contributed by atoms with Crippen molar-refractivity contribution in [3.63, 3.8) is 0 Å². The summed E-state index contributed by atoms with van der Waals surface area (Å²) in [4.78, 5) is 23.5. The molecule has 0 bridgehead atoms. The molecule has 3 aromatic rings. The largest absolute Gasteiger partial charge is 0.363 e. The van der Waals surface area contributed by atoms with Gasteiger partial charge in [0.1, 0.15) is 11.2 Å². The quantitative estimate of drug-likeness (QED) is 0.572. The Kier molecular flexibility index (Phi) is 4.66. The molecular weight excluding hydrogens is 434 g/mol. The number of hydrazone groups is 1. The molecule has 1 fully saturated rings. The number of benzene rings is 2. The number of carbonyl (C=O) groups excluding carboxylic acids is 1. The molecule has 0 saturated carbocycles. The molecule has 6 rings (SSSR count). The van der Waals surface area contributed by atoms with Crippen LogP contribution < -0.4 is 14.8 Å². The van der Waals surface area contributed by atoms with Gasteiger partial charge in [-0.1, -0.05) is 35.9 Å². The fourth-order valence-electron chi connectivity index (χ4n) is 5.57. The Bertz CT molecular complexity index is 1250. The Morgan fingerprint density at radius 2 is 1.79 bits per heavy atom. The van der Waals surface area contributed by atoms with Gasteiger partial charge in [0.2, 0.25) is 0 Å². The van der Waals surface area contributed by atoms with Crippen molar-refractivity contribution in [3.05, 3.63) is 83.5 Å². The number of halogens is 1. The van der Waals surface area contributed by atoms with Crippen LogP contribution in [-0.2, 0) is 11.2 Å². The lowest BCUT2D eigenvalue weighted by Crippen LogP contribution is -2.67. The first-order valence-corrected chi connectivity index (χ1v) is 11.6. The van der Waals surface area contributed by atoms with Crippen molar-refractivity contribution in [1.29, 1.82) is 0 Å². The third kappa shape index (κ3) is 3.04. The van der Waals surface area contributed by atoms with E-state index in [1.807, 2.05) is 43.5 Å². The summed E-state index contributed by atoms with van der Waals surface area (Å²) < 4.78 is 0. The zero-order chi connectivity index (χ0) is 22.6. The number of nitrogens with zero attached hydrogens (tertiary/aromatic N) is 5. The predicted molar refractivity (Wildman–Crippen MR) is 132 cm³/mol. The van der Waals surface area contributed by atoms with Gasteiger partial charge >= 0.3 is 0 Å². The Morgan fingerprint density at radius 3 is 2.58 bits per heavy atom. The minimum absolute atomic E-state index is 0.0229. The zero-order valence-electron chi connectivity index (χ0n) is 18.4. The number of amides is 1. The van der Waals surface area contributed by atoms with Gasteiger partial charge in [0, 0.05) is 36.5 Å². The van der Waals surface area contributed by atoms with Gasteiger partial charge in [-0.25, -0.2) is 4.98 Å². The van der Waals surface area contributed by atoms with Gasteiger partial charge in [-0.2, -0.15) is 10.1 Å². The number of aromatic nitrogens is 1. The molecule has 4 heterocycles. The third-order valence-corrected chi connectivity index (χ3v) is 7.49. The smallest absolute Gasteiger partial charge is 0.261 e. The Labute approximate surface area is 198 Å². The van der Waals surface area contributed by atoms with Crippen molar-refractivity contribution in [1.82, 2.24) is 4.98 Å². The lowest BCUT2D eigenvalue weighted by Gasteiger charge is -2.53. The number of carbonyl (C=O) groups is 1. The van der Waals surface area contributed by atoms with Crippen molar-refractivity contribution in [2.75, 3.05) is 34.4 Å². The van der Waals surface area contributed by atoms with E-state index in [1.54, 1.807) is 17.1 Å². The van der Waals surface area contributed by atoms with Crippen LogP contribution in [0.25, 0.3) is 0 Å². The molecule has 0 aliphatic carbocycles. The van der Waals surface area contributed by atoms with Crippen LogP contribution in [0.1, 0.15) is 12.5 Å². The molecule has 3 aliphatic rings. The fraction of sp³-hybridized carbons (Fsp3) is 0.269. The van der Waals surface area contributed by atoms with Crippen LogP contribution >= 0.6 is 11.6 Å². The van der Waals surface area contributed by atoms with E-state index in [9.17, 15) is 4.79 Å². The number of rotatable bonds is 2. The van der Waals surface area contributed by atoms with E-state index in [1.165, 1.54) is 11.3 Å². The molecule has 1 saturated heterocycles. The van der Waals surface area contributed by atoms with Crippen LogP contribution in [0.15, 0.2) is 78.0 Å². The second-order valence-corrected chi connectivity index (χ2v) is 9.34. The van der Waals surface area contributed by atoms with E-state index in [2.05, 4.69) is 39.0 Å². The van der Waals surface area contributed by atoms with Gasteiger partial charge in [0.25, 0.3) is 5.91 Å². The molecule has 0 N–H and O–H groups in total. The summed E-state index contributed by atoms with van der Waals surface area (Å²) in [6.07, 6.45) is 2.46. The number of piperazine rings is 1. The Hall–Kier alpha value is -3.38. The van der Waals surface area contributed by atoms with Gasteiger partial charge in [-0.3, -0.25) is 4.79 Å². The van der Waals surface area contributed by atoms with Crippen molar-refractivity contribution < 1.29 is 4.79 Å². The number of hydrogen-bond acceptors (Lipinski definition) is 5. The number of pyridine rings is 1. The van der Waals surface area contributed by atoms with Crippen LogP contribution in [0.5, 0.6) is 0 Å². The maximum absolute atomic E-state index is 14.2. The summed E-state index contributed by atoms with van der Waals surface area (Å²) in [5, 5.41) is 7.01. The maximum atomic E-state index is 14.2. The molecule has 33 heavy (non-hydrogen) atoms. The van der Waals surface area contributed by atoms with Crippen LogP contribution in [0, 0.1) is 5.41 Å². The van der Waals surface area contributed by atoms with Gasteiger partial charge in [-0.15, -0.1) is 0 Å². The summed E-state index contributed by atoms with van der Waals surface area (Å²) in [5.74, 6) is 0.968. The number of hydrogen-bond donors (Lipinski definition) is 0.